The molecule has 0 aliphatic rings. The minimum atomic E-state index is -3.88. The Morgan fingerprint density at radius 1 is 0.968 bits per heavy atom. The maximum Gasteiger partial charge on any atom is 0.261 e. The van der Waals surface area contributed by atoms with Crippen LogP contribution in [-0.4, -0.2) is 20.1 Å². The molecule has 10 heteroatoms. The molecule has 162 valence electrons. The van der Waals surface area contributed by atoms with Gasteiger partial charge in [0.15, 0.2) is 0 Å². The second-order valence-electron chi connectivity index (χ2n) is 6.40. The summed E-state index contributed by atoms with van der Waals surface area (Å²) in [6.45, 7) is 0. The van der Waals surface area contributed by atoms with Crippen LogP contribution in [0.5, 0.6) is 0 Å². The predicted octanol–water partition coefficient (Wildman–Crippen LogP) is 5.81. The molecule has 0 radical (unpaired) electrons. The summed E-state index contributed by atoms with van der Waals surface area (Å²) in [4.78, 5) is 12.1. The van der Waals surface area contributed by atoms with Crippen molar-refractivity contribution in [3.05, 3.63) is 88.2 Å². The summed E-state index contributed by atoms with van der Waals surface area (Å²) in [5.41, 5.74) is 1.55. The molecule has 0 bridgehead atoms. The zero-order chi connectivity index (χ0) is 22.4. The summed E-state index contributed by atoms with van der Waals surface area (Å²) in [6.07, 6.45) is 0. The number of rotatable bonds is 8. The van der Waals surface area contributed by atoms with Gasteiger partial charge in [0, 0.05) is 11.4 Å². The van der Waals surface area contributed by atoms with Gasteiger partial charge in [-0.3, -0.25) is 9.52 Å². The molecule has 0 atom stereocenters. The van der Waals surface area contributed by atoms with Crippen molar-refractivity contribution in [3.63, 3.8) is 0 Å². The lowest BCUT2D eigenvalue weighted by atomic mass is 10.2. The molecule has 0 heterocycles. The second kappa shape index (κ2) is 10.4. The van der Waals surface area contributed by atoms with E-state index in [1.807, 2.05) is 0 Å². The third-order valence-electron chi connectivity index (χ3n) is 4.06. The summed E-state index contributed by atoms with van der Waals surface area (Å²) >= 11 is 13.3. The average Bonchev–Trinajstić information content (AvgIpc) is 2.73. The highest BCUT2D eigenvalue weighted by Crippen LogP contribution is 2.31. The van der Waals surface area contributed by atoms with Crippen LogP contribution in [0.2, 0.25) is 10.0 Å². The number of thioether (sulfide) groups is 1. The van der Waals surface area contributed by atoms with E-state index in [4.69, 9.17) is 23.2 Å². The van der Waals surface area contributed by atoms with Crippen LogP contribution in [0.1, 0.15) is 5.56 Å². The third-order valence-corrected chi connectivity index (χ3v) is 7.26. The van der Waals surface area contributed by atoms with Crippen molar-refractivity contribution in [2.45, 2.75) is 10.6 Å². The Hall–Kier alpha value is -2.26. The van der Waals surface area contributed by atoms with Crippen LogP contribution in [0.3, 0.4) is 0 Å². The molecule has 0 aliphatic carbocycles. The number of sulfonamides is 1. The molecule has 0 aliphatic heterocycles. The zero-order valence-corrected chi connectivity index (χ0v) is 19.1. The van der Waals surface area contributed by atoms with Gasteiger partial charge in [-0.05, 0) is 54.1 Å². The summed E-state index contributed by atoms with van der Waals surface area (Å²) in [5, 5.41) is 3.05. The number of anilines is 2. The zero-order valence-electron chi connectivity index (χ0n) is 15.9. The minimum absolute atomic E-state index is 0.00669. The first-order valence-electron chi connectivity index (χ1n) is 8.93. The summed E-state index contributed by atoms with van der Waals surface area (Å²) < 4.78 is 40.4. The maximum absolute atomic E-state index is 12.9. The Kier molecular flexibility index (Phi) is 7.83. The number of halogens is 3. The molecule has 5 nitrogen and oxygen atoms in total. The molecular weight excluding hydrogens is 482 g/mol. The smallest absolute Gasteiger partial charge is 0.261 e. The van der Waals surface area contributed by atoms with E-state index >= 15 is 0 Å². The van der Waals surface area contributed by atoms with Gasteiger partial charge in [-0.2, -0.15) is 0 Å². The van der Waals surface area contributed by atoms with E-state index in [-0.39, 0.29) is 38.1 Å². The van der Waals surface area contributed by atoms with Crippen LogP contribution >= 0.6 is 35.0 Å². The number of hydrogen-bond donors (Lipinski definition) is 2. The van der Waals surface area contributed by atoms with Crippen LogP contribution in [-0.2, 0) is 20.6 Å². The average molecular weight is 499 g/mol. The van der Waals surface area contributed by atoms with E-state index in [1.54, 1.807) is 24.3 Å². The minimum Gasteiger partial charge on any atom is -0.325 e. The SMILES string of the molecule is O=C(CSCc1ccc(F)cc1)Nc1ccc(S(=O)(=O)Nc2cccc(Cl)c2Cl)cc1. The summed E-state index contributed by atoms with van der Waals surface area (Å²) in [7, 11) is -3.88. The van der Waals surface area contributed by atoms with E-state index in [0.29, 0.717) is 11.4 Å². The highest BCUT2D eigenvalue weighted by molar-refractivity contribution is 7.99. The van der Waals surface area contributed by atoms with Gasteiger partial charge in [-0.25, -0.2) is 12.8 Å². The fraction of sp³-hybridized carbons (Fsp3) is 0.0952. The summed E-state index contributed by atoms with van der Waals surface area (Å²) in [6, 6.07) is 16.5. The van der Waals surface area contributed by atoms with Crippen molar-refractivity contribution in [1.82, 2.24) is 0 Å². The van der Waals surface area contributed by atoms with Gasteiger partial charge >= 0.3 is 0 Å². The van der Waals surface area contributed by atoms with Gasteiger partial charge in [0.2, 0.25) is 5.91 Å². The number of amides is 1. The number of carbonyl (C=O) groups excluding carboxylic acids is 1. The topological polar surface area (TPSA) is 75.3 Å². The normalized spacial score (nSPS) is 11.2. The Morgan fingerprint density at radius 2 is 1.65 bits per heavy atom. The van der Waals surface area contributed by atoms with Crippen LogP contribution < -0.4 is 10.0 Å². The van der Waals surface area contributed by atoms with Gasteiger partial charge in [0.25, 0.3) is 10.0 Å². The van der Waals surface area contributed by atoms with Crippen molar-refractivity contribution < 1.29 is 17.6 Å². The molecule has 3 rings (SSSR count). The fourth-order valence-corrected chi connectivity index (χ4v) is 4.81. The number of benzene rings is 3. The number of carbonyl (C=O) groups is 1. The van der Waals surface area contributed by atoms with Crippen molar-refractivity contribution in [2.75, 3.05) is 15.8 Å². The Labute approximate surface area is 194 Å². The molecule has 1 amide bonds. The van der Waals surface area contributed by atoms with Crippen molar-refractivity contribution in [3.8, 4) is 0 Å². The lowest BCUT2D eigenvalue weighted by Crippen LogP contribution is -2.15. The van der Waals surface area contributed by atoms with Gasteiger partial charge < -0.3 is 5.32 Å². The highest BCUT2D eigenvalue weighted by atomic mass is 35.5. The first kappa shape index (κ1) is 23.4. The second-order valence-corrected chi connectivity index (χ2v) is 9.85. The van der Waals surface area contributed by atoms with Crippen LogP contribution in [0.4, 0.5) is 15.8 Å². The van der Waals surface area contributed by atoms with E-state index < -0.39 is 10.0 Å². The van der Waals surface area contributed by atoms with Crippen LogP contribution in [0.25, 0.3) is 0 Å². The molecule has 3 aromatic rings. The van der Waals surface area contributed by atoms with Crippen LogP contribution in [0, 0.1) is 5.82 Å². The Morgan fingerprint density at radius 3 is 2.32 bits per heavy atom. The summed E-state index contributed by atoms with van der Waals surface area (Å²) in [5.74, 6) is 0.240. The molecule has 0 saturated carbocycles. The molecule has 31 heavy (non-hydrogen) atoms. The van der Waals surface area contributed by atoms with Gasteiger partial charge in [0.05, 0.1) is 26.4 Å². The Balaban J connectivity index is 1.55. The first-order valence-corrected chi connectivity index (χ1v) is 12.3. The lowest BCUT2D eigenvalue weighted by molar-refractivity contribution is -0.113. The Bertz CT molecular complexity index is 1170. The molecule has 0 unspecified atom stereocenters. The van der Waals surface area contributed by atoms with Crippen molar-refractivity contribution in [2.24, 2.45) is 0 Å². The first-order chi connectivity index (χ1) is 14.7. The molecule has 0 spiro atoms. The molecular formula is C21H17Cl2FN2O3S2. The molecule has 0 aromatic heterocycles. The lowest BCUT2D eigenvalue weighted by Gasteiger charge is -2.11. The third kappa shape index (κ3) is 6.61. The molecule has 3 aromatic carbocycles. The van der Waals surface area contributed by atoms with Crippen molar-refractivity contribution in [1.29, 1.82) is 0 Å². The number of hydrogen-bond acceptors (Lipinski definition) is 4. The number of nitrogens with one attached hydrogen (secondary N) is 2. The molecule has 2 N–H and O–H groups in total. The fourth-order valence-electron chi connectivity index (χ4n) is 2.54. The molecule has 0 fully saturated rings. The predicted molar refractivity (Wildman–Crippen MR) is 125 cm³/mol. The van der Waals surface area contributed by atoms with Gasteiger partial charge in [-0.1, -0.05) is 41.4 Å². The monoisotopic (exact) mass is 498 g/mol. The molecule has 0 saturated heterocycles. The van der Waals surface area contributed by atoms with Crippen LogP contribution in [0.15, 0.2) is 71.6 Å². The largest absolute Gasteiger partial charge is 0.325 e. The van der Waals surface area contributed by atoms with Gasteiger partial charge in [0.1, 0.15) is 5.82 Å². The van der Waals surface area contributed by atoms with Crippen molar-refractivity contribution >= 4 is 62.3 Å². The van der Waals surface area contributed by atoms with Gasteiger partial charge in [-0.15, -0.1) is 11.8 Å². The quantitative estimate of drug-likeness (QED) is 0.411. The van der Waals surface area contributed by atoms with E-state index in [2.05, 4.69) is 10.0 Å². The maximum atomic E-state index is 12.9. The standard InChI is InChI=1S/C21H17Cl2FN2O3S2/c22-18-2-1-3-19(21(18)23)26-31(28,29)17-10-8-16(9-11-17)25-20(27)13-30-12-14-4-6-15(24)7-5-14/h1-11,26H,12-13H2,(H,25,27). The van der Waals surface area contributed by atoms with E-state index in [1.165, 1.54) is 54.2 Å². The van der Waals surface area contributed by atoms with E-state index in [9.17, 15) is 17.6 Å². The van der Waals surface area contributed by atoms with E-state index in [0.717, 1.165) is 5.56 Å². The highest BCUT2D eigenvalue weighted by Gasteiger charge is 2.17.